The van der Waals surface area contributed by atoms with E-state index in [0.29, 0.717) is 0 Å². The van der Waals surface area contributed by atoms with Crippen LogP contribution in [0.5, 0.6) is 5.75 Å². The minimum absolute atomic E-state index is 0.0319. The van der Waals surface area contributed by atoms with E-state index in [-0.39, 0.29) is 5.60 Å². The van der Waals surface area contributed by atoms with Crippen molar-refractivity contribution in [1.82, 2.24) is 9.80 Å². The van der Waals surface area contributed by atoms with Crippen LogP contribution in [0.15, 0.2) is 54.6 Å². The molecule has 0 atom stereocenters. The highest BCUT2D eigenvalue weighted by molar-refractivity contribution is 5.35. The molecular formula is C22H28N2O. The van der Waals surface area contributed by atoms with Crippen LogP contribution in [0.3, 0.4) is 0 Å². The molecule has 0 bridgehead atoms. The van der Waals surface area contributed by atoms with E-state index >= 15 is 0 Å². The summed E-state index contributed by atoms with van der Waals surface area (Å²) in [5.41, 5.74) is 2.71. The van der Waals surface area contributed by atoms with Crippen LogP contribution < -0.4 is 4.74 Å². The van der Waals surface area contributed by atoms with Crippen LogP contribution >= 0.6 is 0 Å². The Labute approximate surface area is 151 Å². The van der Waals surface area contributed by atoms with E-state index in [0.717, 1.165) is 57.7 Å². The van der Waals surface area contributed by atoms with Gasteiger partial charge in [-0.2, -0.15) is 0 Å². The Morgan fingerprint density at radius 2 is 1.68 bits per heavy atom. The van der Waals surface area contributed by atoms with Crippen molar-refractivity contribution in [2.45, 2.75) is 31.4 Å². The average Bonchev–Trinajstić information content (AvgIpc) is 2.80. The Kier molecular flexibility index (Phi) is 4.78. The van der Waals surface area contributed by atoms with Gasteiger partial charge in [-0.05, 0) is 25.1 Å². The highest BCUT2D eigenvalue weighted by Crippen LogP contribution is 2.35. The second-order valence-electron chi connectivity index (χ2n) is 7.64. The van der Waals surface area contributed by atoms with E-state index in [9.17, 15) is 0 Å². The summed E-state index contributed by atoms with van der Waals surface area (Å²) in [4.78, 5) is 5.02. The van der Waals surface area contributed by atoms with Crippen molar-refractivity contribution in [3.8, 4) is 5.75 Å². The molecule has 3 nitrogen and oxygen atoms in total. The number of hydrogen-bond acceptors (Lipinski definition) is 3. The molecule has 0 saturated carbocycles. The van der Waals surface area contributed by atoms with E-state index in [4.69, 9.17) is 4.74 Å². The number of likely N-dealkylation sites (tertiary alicyclic amines) is 1. The molecule has 2 heterocycles. The second kappa shape index (κ2) is 7.19. The molecule has 3 heteroatoms. The quantitative estimate of drug-likeness (QED) is 0.852. The highest BCUT2D eigenvalue weighted by atomic mass is 16.5. The van der Waals surface area contributed by atoms with Crippen LogP contribution in [0.2, 0.25) is 0 Å². The maximum absolute atomic E-state index is 6.65. The van der Waals surface area contributed by atoms with Crippen LogP contribution in [0.4, 0.5) is 0 Å². The Bertz CT molecular complexity index is 692. The standard InChI is InChI=1S/C22H28N2O/c1-23-15-12-22(13-16-23)18-24(14-11-19-7-3-2-4-8-19)17-20-9-5-6-10-21(20)25-22/h2-10H,11-18H2,1H3. The zero-order chi connectivity index (χ0) is 17.1. The van der Waals surface area contributed by atoms with Crippen molar-refractivity contribution < 1.29 is 4.74 Å². The van der Waals surface area contributed by atoms with Gasteiger partial charge in [0.05, 0.1) is 0 Å². The Hall–Kier alpha value is -1.84. The van der Waals surface area contributed by atoms with Gasteiger partial charge in [-0.1, -0.05) is 48.5 Å². The molecule has 2 aliphatic heterocycles. The smallest absolute Gasteiger partial charge is 0.124 e. The molecule has 2 aromatic carbocycles. The number of ether oxygens (including phenoxy) is 1. The average molecular weight is 336 g/mol. The molecule has 0 aliphatic carbocycles. The molecule has 1 spiro atoms. The zero-order valence-corrected chi connectivity index (χ0v) is 15.2. The lowest BCUT2D eigenvalue weighted by Gasteiger charge is -2.42. The first-order chi connectivity index (χ1) is 12.2. The van der Waals surface area contributed by atoms with E-state index in [1.54, 1.807) is 0 Å². The molecule has 0 unspecified atom stereocenters. The fourth-order valence-electron chi connectivity index (χ4n) is 4.08. The lowest BCUT2D eigenvalue weighted by atomic mass is 9.90. The minimum Gasteiger partial charge on any atom is -0.486 e. The van der Waals surface area contributed by atoms with Crippen molar-refractivity contribution in [3.05, 3.63) is 65.7 Å². The van der Waals surface area contributed by atoms with Crippen LogP contribution in [0.1, 0.15) is 24.0 Å². The fourth-order valence-corrected chi connectivity index (χ4v) is 4.08. The molecule has 1 fully saturated rings. The Morgan fingerprint density at radius 1 is 0.960 bits per heavy atom. The predicted molar refractivity (Wildman–Crippen MR) is 102 cm³/mol. The van der Waals surface area contributed by atoms with Gasteiger partial charge in [0.1, 0.15) is 11.4 Å². The monoisotopic (exact) mass is 336 g/mol. The van der Waals surface area contributed by atoms with E-state index in [1.807, 2.05) is 0 Å². The number of piperidine rings is 1. The molecular weight excluding hydrogens is 308 g/mol. The Balaban J connectivity index is 1.54. The van der Waals surface area contributed by atoms with Gasteiger partial charge in [0, 0.05) is 51.1 Å². The number of hydrogen-bond donors (Lipinski definition) is 0. The lowest BCUT2D eigenvalue weighted by Crippen LogP contribution is -2.52. The predicted octanol–water partition coefficient (Wildman–Crippen LogP) is 3.59. The summed E-state index contributed by atoms with van der Waals surface area (Å²) in [6.07, 6.45) is 3.32. The van der Waals surface area contributed by atoms with Crippen molar-refractivity contribution in [2.24, 2.45) is 0 Å². The molecule has 0 amide bonds. The number of para-hydroxylation sites is 1. The van der Waals surface area contributed by atoms with Gasteiger partial charge in [0.2, 0.25) is 0 Å². The topological polar surface area (TPSA) is 15.7 Å². The third-order valence-electron chi connectivity index (χ3n) is 5.66. The molecule has 132 valence electrons. The summed E-state index contributed by atoms with van der Waals surface area (Å²) in [7, 11) is 2.21. The van der Waals surface area contributed by atoms with E-state index in [1.165, 1.54) is 11.1 Å². The van der Waals surface area contributed by atoms with Crippen molar-refractivity contribution >= 4 is 0 Å². The molecule has 2 aromatic rings. The third-order valence-corrected chi connectivity index (χ3v) is 5.66. The van der Waals surface area contributed by atoms with E-state index < -0.39 is 0 Å². The van der Waals surface area contributed by atoms with Gasteiger partial charge < -0.3 is 9.64 Å². The van der Waals surface area contributed by atoms with Gasteiger partial charge in [-0.25, -0.2) is 0 Å². The molecule has 4 rings (SSSR count). The molecule has 25 heavy (non-hydrogen) atoms. The summed E-state index contributed by atoms with van der Waals surface area (Å²) in [5.74, 6) is 1.09. The number of fused-ring (bicyclic) bond motifs is 1. The van der Waals surface area contributed by atoms with Crippen LogP contribution in [0, 0.1) is 0 Å². The molecule has 0 radical (unpaired) electrons. The number of nitrogens with zero attached hydrogens (tertiary/aromatic N) is 2. The summed E-state index contributed by atoms with van der Waals surface area (Å²) >= 11 is 0. The van der Waals surface area contributed by atoms with Gasteiger partial charge in [0.15, 0.2) is 0 Å². The number of rotatable bonds is 3. The second-order valence-corrected chi connectivity index (χ2v) is 7.64. The maximum atomic E-state index is 6.65. The van der Waals surface area contributed by atoms with Crippen LogP contribution in [0.25, 0.3) is 0 Å². The first-order valence-corrected chi connectivity index (χ1v) is 9.44. The fraction of sp³-hybridized carbons (Fsp3) is 0.455. The third kappa shape index (κ3) is 3.88. The Morgan fingerprint density at radius 3 is 2.48 bits per heavy atom. The number of benzene rings is 2. The van der Waals surface area contributed by atoms with Crippen LogP contribution in [-0.4, -0.2) is 48.6 Å². The van der Waals surface area contributed by atoms with Crippen molar-refractivity contribution in [3.63, 3.8) is 0 Å². The van der Waals surface area contributed by atoms with E-state index in [2.05, 4.69) is 71.4 Å². The van der Waals surface area contributed by atoms with Crippen molar-refractivity contribution in [1.29, 1.82) is 0 Å². The zero-order valence-electron chi connectivity index (χ0n) is 15.2. The summed E-state index contributed by atoms with van der Waals surface area (Å²) in [5, 5.41) is 0. The van der Waals surface area contributed by atoms with Crippen molar-refractivity contribution in [2.75, 3.05) is 33.2 Å². The van der Waals surface area contributed by atoms with Gasteiger partial charge >= 0.3 is 0 Å². The summed E-state index contributed by atoms with van der Waals surface area (Å²) in [6, 6.07) is 19.4. The normalized spacial score (nSPS) is 20.7. The molecule has 1 saturated heterocycles. The largest absolute Gasteiger partial charge is 0.486 e. The first-order valence-electron chi connectivity index (χ1n) is 9.44. The minimum atomic E-state index is -0.0319. The molecule has 0 N–H and O–H groups in total. The molecule has 0 aromatic heterocycles. The van der Waals surface area contributed by atoms with Gasteiger partial charge in [-0.15, -0.1) is 0 Å². The SMILES string of the molecule is CN1CCC2(CC1)CN(CCc1ccccc1)Cc1ccccc1O2. The first kappa shape index (κ1) is 16.6. The lowest BCUT2D eigenvalue weighted by molar-refractivity contribution is -0.0127. The maximum Gasteiger partial charge on any atom is 0.124 e. The van der Waals surface area contributed by atoms with Gasteiger partial charge in [-0.3, -0.25) is 4.90 Å². The molecule has 2 aliphatic rings. The van der Waals surface area contributed by atoms with Crippen LogP contribution in [-0.2, 0) is 13.0 Å². The summed E-state index contributed by atoms with van der Waals surface area (Å²) in [6.45, 7) is 5.34. The summed E-state index contributed by atoms with van der Waals surface area (Å²) < 4.78 is 6.65. The van der Waals surface area contributed by atoms with Gasteiger partial charge in [0.25, 0.3) is 0 Å². The highest BCUT2D eigenvalue weighted by Gasteiger charge is 2.39.